The Bertz CT molecular complexity index is 1260. The largest absolute Gasteiger partial charge is 0.291 e. The van der Waals surface area contributed by atoms with Gasteiger partial charge >= 0.3 is 0 Å². The van der Waals surface area contributed by atoms with E-state index < -0.39 is 0 Å². The third kappa shape index (κ3) is 1.95. The fourth-order valence-corrected chi connectivity index (χ4v) is 4.34. The lowest BCUT2D eigenvalue weighted by Gasteiger charge is -2.08. The second-order valence-electron chi connectivity index (χ2n) is 6.21. The summed E-state index contributed by atoms with van der Waals surface area (Å²) in [5.41, 5.74) is 2.39. The van der Waals surface area contributed by atoms with Gasteiger partial charge in [0.15, 0.2) is 5.82 Å². The summed E-state index contributed by atoms with van der Waals surface area (Å²) in [6.07, 6.45) is 4.22. The molecular formula is C16H14N6O2S. The van der Waals surface area contributed by atoms with Crippen LogP contribution in [-0.4, -0.2) is 28.7 Å². The third-order valence-electron chi connectivity index (χ3n) is 4.77. The van der Waals surface area contributed by atoms with E-state index in [2.05, 4.69) is 15.2 Å². The molecule has 0 unspecified atom stereocenters. The summed E-state index contributed by atoms with van der Waals surface area (Å²) in [4.78, 5) is 29.5. The molecule has 0 bridgehead atoms. The number of nitrogens with zero attached hydrogens (tertiary/aromatic N) is 6. The van der Waals surface area contributed by atoms with Gasteiger partial charge in [-0.2, -0.15) is 0 Å². The minimum atomic E-state index is -0.0900. The van der Waals surface area contributed by atoms with Crippen molar-refractivity contribution in [2.75, 3.05) is 0 Å². The van der Waals surface area contributed by atoms with Gasteiger partial charge in [-0.05, 0) is 30.7 Å². The van der Waals surface area contributed by atoms with E-state index in [-0.39, 0.29) is 17.7 Å². The first-order valence-electron chi connectivity index (χ1n) is 8.02. The van der Waals surface area contributed by atoms with Gasteiger partial charge in [0.2, 0.25) is 5.78 Å². The summed E-state index contributed by atoms with van der Waals surface area (Å²) in [5.74, 6) is 1.07. The minimum absolute atomic E-state index is 0.00867. The zero-order chi connectivity index (χ0) is 17.1. The van der Waals surface area contributed by atoms with Gasteiger partial charge in [0.25, 0.3) is 11.1 Å². The monoisotopic (exact) mass is 354 g/mol. The van der Waals surface area contributed by atoms with Crippen LogP contribution in [-0.2, 0) is 26.4 Å². The normalized spacial score (nSPS) is 13.8. The molecule has 0 saturated heterocycles. The van der Waals surface area contributed by atoms with E-state index in [0.29, 0.717) is 16.3 Å². The van der Waals surface area contributed by atoms with Crippen LogP contribution in [0.25, 0.3) is 16.0 Å². The number of hydrogen-bond acceptors (Lipinski definition) is 6. The van der Waals surface area contributed by atoms with Crippen LogP contribution < -0.4 is 11.1 Å². The maximum atomic E-state index is 12.7. The molecule has 0 saturated carbocycles. The van der Waals surface area contributed by atoms with E-state index in [9.17, 15) is 9.59 Å². The van der Waals surface area contributed by atoms with Crippen LogP contribution in [0.3, 0.4) is 0 Å². The van der Waals surface area contributed by atoms with Gasteiger partial charge < -0.3 is 0 Å². The first kappa shape index (κ1) is 14.5. The van der Waals surface area contributed by atoms with Crippen LogP contribution in [0.5, 0.6) is 0 Å². The molecule has 4 aromatic heterocycles. The van der Waals surface area contributed by atoms with Crippen LogP contribution >= 0.6 is 11.3 Å². The van der Waals surface area contributed by atoms with Crippen molar-refractivity contribution in [2.24, 2.45) is 7.05 Å². The molecule has 4 aromatic rings. The maximum Gasteiger partial charge on any atom is 0.272 e. The van der Waals surface area contributed by atoms with Crippen molar-refractivity contribution in [3.05, 3.63) is 55.6 Å². The number of rotatable bonds is 2. The highest BCUT2D eigenvalue weighted by Gasteiger charge is 2.20. The molecule has 5 rings (SSSR count). The summed E-state index contributed by atoms with van der Waals surface area (Å²) in [6, 6.07) is 1.88. The lowest BCUT2D eigenvalue weighted by Crippen LogP contribution is -2.26. The van der Waals surface area contributed by atoms with Crippen molar-refractivity contribution in [3.63, 3.8) is 0 Å². The van der Waals surface area contributed by atoms with E-state index >= 15 is 0 Å². The number of aromatic nitrogens is 6. The smallest absolute Gasteiger partial charge is 0.272 e. The molecule has 4 heterocycles. The third-order valence-corrected chi connectivity index (χ3v) is 5.66. The Balaban J connectivity index is 1.73. The van der Waals surface area contributed by atoms with Crippen molar-refractivity contribution in [2.45, 2.75) is 25.8 Å². The van der Waals surface area contributed by atoms with Crippen LogP contribution in [0.1, 0.15) is 23.5 Å². The predicted octanol–water partition coefficient (Wildman–Crippen LogP) is 0.736. The Morgan fingerprint density at radius 1 is 1.20 bits per heavy atom. The molecule has 0 aromatic carbocycles. The average molecular weight is 354 g/mol. The van der Waals surface area contributed by atoms with Gasteiger partial charge in [0.1, 0.15) is 4.70 Å². The first-order valence-corrected chi connectivity index (χ1v) is 8.90. The highest BCUT2D eigenvalue weighted by atomic mass is 32.1. The molecule has 0 N–H and O–H groups in total. The zero-order valence-electron chi connectivity index (χ0n) is 13.5. The van der Waals surface area contributed by atoms with Crippen LogP contribution in [0.4, 0.5) is 0 Å². The number of thiophene rings is 1. The van der Waals surface area contributed by atoms with Gasteiger partial charge in [-0.25, -0.2) is 4.98 Å². The van der Waals surface area contributed by atoms with E-state index in [4.69, 9.17) is 0 Å². The van der Waals surface area contributed by atoms with Crippen LogP contribution in [0, 0.1) is 0 Å². The van der Waals surface area contributed by atoms with E-state index in [1.54, 1.807) is 17.9 Å². The molecule has 0 atom stereocenters. The van der Waals surface area contributed by atoms with E-state index in [0.717, 1.165) is 36.0 Å². The Kier molecular flexibility index (Phi) is 2.96. The fourth-order valence-electron chi connectivity index (χ4n) is 3.49. The zero-order valence-corrected chi connectivity index (χ0v) is 14.3. The number of fused-ring (bicyclic) bond motifs is 4. The average Bonchev–Trinajstić information content (AvgIpc) is 3.33. The molecule has 25 heavy (non-hydrogen) atoms. The SMILES string of the molecule is Cn1c(=O)c2sccc2n2c(Cn3cnc4c(c3=O)CCC4)nnc12. The highest BCUT2D eigenvalue weighted by molar-refractivity contribution is 7.17. The van der Waals surface area contributed by atoms with Gasteiger partial charge in [0.05, 0.1) is 24.1 Å². The van der Waals surface area contributed by atoms with Crippen LogP contribution in [0.2, 0.25) is 0 Å². The molecule has 9 heteroatoms. The Hall–Kier alpha value is -2.81. The Morgan fingerprint density at radius 2 is 2.08 bits per heavy atom. The predicted molar refractivity (Wildman–Crippen MR) is 93.2 cm³/mol. The Morgan fingerprint density at radius 3 is 2.96 bits per heavy atom. The van der Waals surface area contributed by atoms with Gasteiger partial charge in [-0.15, -0.1) is 21.5 Å². The molecule has 1 aliphatic rings. The van der Waals surface area contributed by atoms with Crippen molar-refractivity contribution >= 4 is 27.3 Å². The molecule has 8 nitrogen and oxygen atoms in total. The van der Waals surface area contributed by atoms with Crippen molar-refractivity contribution in [1.82, 2.24) is 28.7 Å². The topological polar surface area (TPSA) is 87.1 Å². The lowest BCUT2D eigenvalue weighted by molar-refractivity contribution is 0.682. The van der Waals surface area contributed by atoms with Gasteiger partial charge in [0, 0.05) is 12.6 Å². The van der Waals surface area contributed by atoms with Crippen LogP contribution in [0.15, 0.2) is 27.4 Å². The molecule has 0 fully saturated rings. The Labute approximate surface area is 145 Å². The molecular weight excluding hydrogens is 340 g/mol. The second-order valence-corrected chi connectivity index (χ2v) is 7.12. The first-order chi connectivity index (χ1) is 12.1. The molecule has 126 valence electrons. The van der Waals surface area contributed by atoms with Crippen molar-refractivity contribution in [1.29, 1.82) is 0 Å². The summed E-state index contributed by atoms with van der Waals surface area (Å²) < 4.78 is 5.55. The molecule has 1 aliphatic carbocycles. The summed E-state index contributed by atoms with van der Waals surface area (Å²) in [5, 5.41) is 10.3. The fraction of sp³-hybridized carbons (Fsp3) is 0.312. The standard InChI is InChI=1S/C16H14N6O2S/c1-20-15(24)13-11(5-6-25-13)22-12(18-19-16(20)22)7-21-8-17-10-4-2-3-9(10)14(21)23/h5-6,8H,2-4,7H2,1H3. The van der Waals surface area contributed by atoms with Gasteiger partial charge in [-0.1, -0.05) is 0 Å². The van der Waals surface area contributed by atoms with E-state index in [1.165, 1.54) is 15.9 Å². The minimum Gasteiger partial charge on any atom is -0.291 e. The quantitative estimate of drug-likeness (QED) is 0.530. The molecule has 0 radical (unpaired) electrons. The van der Waals surface area contributed by atoms with Gasteiger partial charge in [-0.3, -0.25) is 23.1 Å². The summed E-state index contributed by atoms with van der Waals surface area (Å²) in [6.45, 7) is 0.267. The summed E-state index contributed by atoms with van der Waals surface area (Å²) in [7, 11) is 1.68. The van der Waals surface area contributed by atoms with Crippen molar-refractivity contribution < 1.29 is 0 Å². The molecule has 0 amide bonds. The second kappa shape index (κ2) is 5.09. The summed E-state index contributed by atoms with van der Waals surface area (Å²) >= 11 is 1.39. The van der Waals surface area contributed by atoms with E-state index in [1.807, 2.05) is 15.8 Å². The number of hydrogen-bond donors (Lipinski definition) is 0. The number of aryl methyl sites for hydroxylation is 2. The maximum absolute atomic E-state index is 12.7. The lowest BCUT2D eigenvalue weighted by atomic mass is 10.2. The molecule has 0 spiro atoms. The van der Waals surface area contributed by atoms with Crippen molar-refractivity contribution in [3.8, 4) is 0 Å². The molecule has 0 aliphatic heterocycles. The highest BCUT2D eigenvalue weighted by Crippen LogP contribution is 2.20.